The molecular formula is C21H27NOP+. The van der Waals surface area contributed by atoms with Gasteiger partial charge in [-0.15, -0.1) is 0 Å². The summed E-state index contributed by atoms with van der Waals surface area (Å²) in [4.78, 5) is 12.2. The van der Waals surface area contributed by atoms with Crippen molar-refractivity contribution >= 4 is 23.8 Å². The Morgan fingerprint density at radius 2 is 1.42 bits per heavy atom. The highest BCUT2D eigenvalue weighted by atomic mass is 31.2. The topological polar surface area (TPSA) is 29.1 Å². The molecule has 24 heavy (non-hydrogen) atoms. The highest BCUT2D eigenvalue weighted by Gasteiger charge is 2.46. The first-order chi connectivity index (χ1) is 11.7. The summed E-state index contributed by atoms with van der Waals surface area (Å²) in [6.45, 7) is 1.73. The van der Waals surface area contributed by atoms with Crippen LogP contribution in [0.5, 0.6) is 0 Å². The second-order valence-electron chi connectivity index (χ2n) is 6.81. The number of carbonyl (C=O) groups is 1. The van der Waals surface area contributed by atoms with E-state index in [1.807, 2.05) is 0 Å². The van der Waals surface area contributed by atoms with E-state index in [0.717, 1.165) is 0 Å². The summed E-state index contributed by atoms with van der Waals surface area (Å²) in [5.41, 5.74) is 0. The van der Waals surface area contributed by atoms with E-state index in [2.05, 4.69) is 65.8 Å². The molecule has 0 radical (unpaired) electrons. The van der Waals surface area contributed by atoms with Gasteiger partial charge in [0.05, 0.1) is 0 Å². The van der Waals surface area contributed by atoms with Crippen LogP contribution < -0.4 is 15.7 Å². The summed E-state index contributed by atoms with van der Waals surface area (Å²) >= 11 is 0. The summed E-state index contributed by atoms with van der Waals surface area (Å²) in [5, 5.41) is 6.60. The molecule has 1 fully saturated rings. The summed E-state index contributed by atoms with van der Waals surface area (Å²) in [6, 6.07) is 21.8. The molecule has 2 aromatic rings. The van der Waals surface area contributed by atoms with Gasteiger partial charge in [-0.1, -0.05) is 55.7 Å². The van der Waals surface area contributed by atoms with Gasteiger partial charge >= 0.3 is 0 Å². The van der Waals surface area contributed by atoms with Crippen molar-refractivity contribution < 1.29 is 4.79 Å². The number of benzene rings is 2. The number of ketones is 1. The third kappa shape index (κ3) is 3.94. The number of Topliss-reactive ketones (excluding diaryl/α,β-unsaturated/α-hetero) is 1. The lowest BCUT2D eigenvalue weighted by Crippen LogP contribution is -2.43. The van der Waals surface area contributed by atoms with Crippen LogP contribution in [0.25, 0.3) is 0 Å². The van der Waals surface area contributed by atoms with E-state index in [1.54, 1.807) is 6.92 Å². The standard InChI is InChI=1S/C21H27NOP/c1-18(23)17-24(20-13-7-3-8-14-20,21-15-9-4-10-16-21)22-19-11-5-2-6-12-19/h3-4,7-10,13-16,19,22H,2,5-6,11-12,17H2,1H3/q+1. The predicted molar refractivity (Wildman–Crippen MR) is 105 cm³/mol. The van der Waals surface area contributed by atoms with Crippen molar-refractivity contribution in [2.45, 2.75) is 45.1 Å². The number of carbonyl (C=O) groups excluding carboxylic acids is 1. The van der Waals surface area contributed by atoms with Crippen LogP contribution in [0, 0.1) is 0 Å². The largest absolute Gasteiger partial charge is 0.296 e. The lowest BCUT2D eigenvalue weighted by molar-refractivity contribution is -0.114. The van der Waals surface area contributed by atoms with E-state index in [1.165, 1.54) is 42.7 Å². The fourth-order valence-corrected chi connectivity index (χ4v) is 7.73. The Bertz CT molecular complexity index is 611. The first kappa shape index (κ1) is 17.3. The van der Waals surface area contributed by atoms with Crippen molar-refractivity contribution in [3.8, 4) is 0 Å². The summed E-state index contributed by atoms with van der Waals surface area (Å²) in [5.74, 6) is 0.263. The highest BCUT2D eigenvalue weighted by molar-refractivity contribution is 7.88. The van der Waals surface area contributed by atoms with Gasteiger partial charge in [0.15, 0.2) is 13.2 Å². The predicted octanol–water partition coefficient (Wildman–Crippen LogP) is 4.08. The molecule has 2 nitrogen and oxygen atoms in total. The van der Waals surface area contributed by atoms with Crippen LogP contribution >= 0.6 is 7.41 Å². The molecular weight excluding hydrogens is 313 g/mol. The molecule has 3 heteroatoms. The van der Waals surface area contributed by atoms with E-state index < -0.39 is 7.41 Å². The van der Waals surface area contributed by atoms with Crippen molar-refractivity contribution in [2.75, 3.05) is 6.16 Å². The van der Waals surface area contributed by atoms with Crippen LogP contribution in [-0.2, 0) is 4.79 Å². The Hall–Kier alpha value is -1.50. The van der Waals surface area contributed by atoms with Crippen LogP contribution in [0.2, 0.25) is 0 Å². The monoisotopic (exact) mass is 340 g/mol. The lowest BCUT2D eigenvalue weighted by atomic mass is 9.96. The molecule has 1 aliphatic carbocycles. The van der Waals surface area contributed by atoms with Gasteiger partial charge in [-0.3, -0.25) is 4.79 Å². The van der Waals surface area contributed by atoms with Crippen LogP contribution in [0.1, 0.15) is 39.0 Å². The number of hydrogen-bond donors (Lipinski definition) is 1. The van der Waals surface area contributed by atoms with Crippen LogP contribution in [0.3, 0.4) is 0 Å². The first-order valence-electron chi connectivity index (χ1n) is 8.97. The quantitative estimate of drug-likeness (QED) is 0.803. The van der Waals surface area contributed by atoms with Gasteiger partial charge in [-0.05, 0) is 44.0 Å². The summed E-state index contributed by atoms with van der Waals surface area (Å²) in [7, 11) is -1.93. The molecule has 0 unspecified atom stereocenters. The minimum atomic E-state index is -1.93. The van der Waals surface area contributed by atoms with Crippen LogP contribution in [0.15, 0.2) is 60.7 Å². The van der Waals surface area contributed by atoms with Crippen molar-refractivity contribution in [1.29, 1.82) is 0 Å². The fourth-order valence-electron chi connectivity index (χ4n) is 3.77. The van der Waals surface area contributed by atoms with Gasteiger partial charge in [0, 0.05) is 6.04 Å². The number of nitrogens with one attached hydrogen (secondary N) is 1. The highest BCUT2D eigenvalue weighted by Crippen LogP contribution is 2.53. The molecule has 0 amide bonds. The maximum Gasteiger partial charge on any atom is 0.169 e. The molecule has 3 rings (SSSR count). The Balaban J connectivity index is 2.06. The van der Waals surface area contributed by atoms with E-state index in [0.29, 0.717) is 12.2 Å². The van der Waals surface area contributed by atoms with Crippen molar-refractivity contribution in [3.05, 3.63) is 60.7 Å². The van der Waals surface area contributed by atoms with E-state index in [-0.39, 0.29) is 5.78 Å². The van der Waals surface area contributed by atoms with Crippen molar-refractivity contribution in [3.63, 3.8) is 0 Å². The normalized spacial score (nSPS) is 16.0. The van der Waals surface area contributed by atoms with Crippen LogP contribution in [-0.4, -0.2) is 18.0 Å². The first-order valence-corrected chi connectivity index (χ1v) is 10.9. The van der Waals surface area contributed by atoms with E-state index >= 15 is 0 Å². The average molecular weight is 340 g/mol. The molecule has 0 aromatic heterocycles. The zero-order valence-electron chi connectivity index (χ0n) is 14.4. The molecule has 0 spiro atoms. The Labute approximate surface area is 146 Å². The molecule has 0 saturated heterocycles. The molecule has 0 bridgehead atoms. The third-order valence-electron chi connectivity index (χ3n) is 4.86. The minimum Gasteiger partial charge on any atom is -0.296 e. The summed E-state index contributed by atoms with van der Waals surface area (Å²) < 4.78 is 0. The molecule has 0 aliphatic heterocycles. The van der Waals surface area contributed by atoms with Gasteiger partial charge in [0.25, 0.3) is 0 Å². The second-order valence-corrected chi connectivity index (χ2v) is 10.0. The average Bonchev–Trinajstić information content (AvgIpc) is 2.63. The van der Waals surface area contributed by atoms with E-state index in [4.69, 9.17) is 0 Å². The molecule has 1 N–H and O–H groups in total. The molecule has 0 heterocycles. The van der Waals surface area contributed by atoms with E-state index in [9.17, 15) is 4.79 Å². The maximum atomic E-state index is 12.2. The Kier molecular flexibility index (Phi) is 5.81. The molecule has 1 aliphatic rings. The zero-order chi connectivity index (χ0) is 16.8. The van der Waals surface area contributed by atoms with Gasteiger partial charge in [-0.25, -0.2) is 0 Å². The Morgan fingerprint density at radius 1 is 0.917 bits per heavy atom. The smallest absolute Gasteiger partial charge is 0.169 e. The molecule has 2 aromatic carbocycles. The lowest BCUT2D eigenvalue weighted by Gasteiger charge is -2.32. The van der Waals surface area contributed by atoms with Gasteiger partial charge in [-0.2, -0.15) is 5.09 Å². The second kappa shape index (κ2) is 8.05. The maximum absolute atomic E-state index is 12.2. The fraction of sp³-hybridized carbons (Fsp3) is 0.381. The third-order valence-corrected chi connectivity index (χ3v) is 8.95. The zero-order valence-corrected chi connectivity index (χ0v) is 15.3. The SMILES string of the molecule is CC(=O)C[P+](NC1CCCCC1)(c1ccccc1)c1ccccc1. The van der Waals surface area contributed by atoms with Crippen molar-refractivity contribution in [1.82, 2.24) is 5.09 Å². The molecule has 0 atom stereocenters. The van der Waals surface area contributed by atoms with Gasteiger partial charge in [0.1, 0.15) is 16.8 Å². The summed E-state index contributed by atoms with van der Waals surface area (Å²) in [6.07, 6.45) is 6.96. The number of hydrogen-bond acceptors (Lipinski definition) is 2. The minimum absolute atomic E-state index is 0.263. The molecule has 126 valence electrons. The Morgan fingerprint density at radius 3 is 1.88 bits per heavy atom. The van der Waals surface area contributed by atoms with Gasteiger partial charge < -0.3 is 0 Å². The van der Waals surface area contributed by atoms with Gasteiger partial charge in [0.2, 0.25) is 0 Å². The molecule has 1 saturated carbocycles. The van der Waals surface area contributed by atoms with Crippen molar-refractivity contribution in [2.24, 2.45) is 0 Å². The van der Waals surface area contributed by atoms with Crippen LogP contribution in [0.4, 0.5) is 0 Å². The number of rotatable bonds is 6.